The summed E-state index contributed by atoms with van der Waals surface area (Å²) < 4.78 is 0. The molecule has 4 nitrogen and oxygen atoms in total. The fraction of sp³-hybridized carbons (Fsp3) is 0.0833. The van der Waals surface area contributed by atoms with E-state index in [4.69, 9.17) is 0 Å². The van der Waals surface area contributed by atoms with Crippen molar-refractivity contribution in [1.82, 2.24) is 21.4 Å². The molecule has 1 saturated heterocycles. The Bertz CT molecular complexity index is 549. The highest BCUT2D eigenvalue weighted by Crippen LogP contribution is 2.23. The zero-order valence-electron chi connectivity index (χ0n) is 8.70. The minimum atomic E-state index is 0.101. The minimum absolute atomic E-state index is 0.101. The number of hydrogen-bond acceptors (Lipinski definition) is 4. The van der Waals surface area contributed by atoms with Crippen molar-refractivity contribution in [3.63, 3.8) is 0 Å². The van der Waals surface area contributed by atoms with Gasteiger partial charge in [-0.3, -0.25) is 4.98 Å². The number of nitrogens with zero attached hydrogens (tertiary/aromatic N) is 1. The van der Waals surface area contributed by atoms with Crippen LogP contribution >= 0.6 is 0 Å². The maximum atomic E-state index is 4.29. The topological polar surface area (TPSA) is 49.0 Å². The average molecular weight is 212 g/mol. The highest BCUT2D eigenvalue weighted by Gasteiger charge is 2.19. The smallest absolute Gasteiger partial charge is 0.0884 e. The standard InChI is InChI=1S/C12H12N4/c1-8-12(15-16-14-8)10-4-5-11-9(7-10)3-2-6-13-11/h2-7,12,14-16H,1H2. The molecule has 1 aliphatic heterocycles. The van der Waals surface area contributed by atoms with Gasteiger partial charge in [-0.1, -0.05) is 18.7 Å². The van der Waals surface area contributed by atoms with E-state index in [9.17, 15) is 0 Å². The zero-order valence-corrected chi connectivity index (χ0v) is 8.70. The monoisotopic (exact) mass is 212 g/mol. The molecule has 0 amide bonds. The summed E-state index contributed by atoms with van der Waals surface area (Å²) in [5, 5.41) is 1.14. The van der Waals surface area contributed by atoms with Crippen LogP contribution in [0.15, 0.2) is 48.8 Å². The molecule has 0 saturated carbocycles. The molecular weight excluding hydrogens is 200 g/mol. The summed E-state index contributed by atoms with van der Waals surface area (Å²) in [6.07, 6.45) is 1.80. The SMILES string of the molecule is C=C1NNNC1c1ccc2ncccc2c1. The zero-order chi connectivity index (χ0) is 11.0. The van der Waals surface area contributed by atoms with E-state index in [1.54, 1.807) is 6.20 Å². The van der Waals surface area contributed by atoms with Gasteiger partial charge < -0.3 is 5.43 Å². The summed E-state index contributed by atoms with van der Waals surface area (Å²) in [4.78, 5) is 4.29. The molecule has 2 heterocycles. The van der Waals surface area contributed by atoms with E-state index in [1.807, 2.05) is 12.1 Å². The van der Waals surface area contributed by atoms with Crippen LogP contribution in [0.3, 0.4) is 0 Å². The number of fused-ring (bicyclic) bond motifs is 1. The molecule has 1 aromatic heterocycles. The fourth-order valence-electron chi connectivity index (χ4n) is 1.91. The van der Waals surface area contributed by atoms with Crippen molar-refractivity contribution >= 4 is 10.9 Å². The van der Waals surface area contributed by atoms with Gasteiger partial charge in [0.05, 0.1) is 11.6 Å². The fourth-order valence-corrected chi connectivity index (χ4v) is 1.91. The molecule has 16 heavy (non-hydrogen) atoms. The van der Waals surface area contributed by atoms with Gasteiger partial charge in [-0.25, -0.2) is 5.43 Å². The Labute approximate surface area is 93.3 Å². The normalized spacial score (nSPS) is 20.0. The van der Waals surface area contributed by atoms with Crippen LogP contribution in [0.25, 0.3) is 10.9 Å². The molecule has 1 aliphatic rings. The van der Waals surface area contributed by atoms with Crippen molar-refractivity contribution < 1.29 is 0 Å². The molecule has 0 bridgehead atoms. The first-order valence-corrected chi connectivity index (χ1v) is 5.14. The molecule has 80 valence electrons. The lowest BCUT2D eigenvalue weighted by atomic mass is 10.0. The van der Waals surface area contributed by atoms with Crippen LogP contribution in [-0.2, 0) is 0 Å². The van der Waals surface area contributed by atoms with Gasteiger partial charge in [0.2, 0.25) is 0 Å². The van der Waals surface area contributed by atoms with Crippen molar-refractivity contribution in [2.45, 2.75) is 6.04 Å². The lowest BCUT2D eigenvalue weighted by Crippen LogP contribution is -2.30. The highest BCUT2D eigenvalue weighted by molar-refractivity contribution is 5.79. The predicted molar refractivity (Wildman–Crippen MR) is 63.0 cm³/mol. The molecule has 0 aliphatic carbocycles. The first kappa shape index (κ1) is 9.33. The van der Waals surface area contributed by atoms with E-state index >= 15 is 0 Å². The van der Waals surface area contributed by atoms with Crippen LogP contribution in [-0.4, -0.2) is 4.98 Å². The van der Waals surface area contributed by atoms with Crippen LogP contribution in [0.2, 0.25) is 0 Å². The highest BCUT2D eigenvalue weighted by atomic mass is 15.6. The van der Waals surface area contributed by atoms with Gasteiger partial charge in [-0.05, 0) is 23.8 Å². The quantitative estimate of drug-likeness (QED) is 0.669. The van der Waals surface area contributed by atoms with Crippen LogP contribution in [0.4, 0.5) is 0 Å². The first-order chi connectivity index (χ1) is 7.84. The largest absolute Gasteiger partial charge is 0.311 e. The Kier molecular flexibility index (Phi) is 2.09. The number of benzene rings is 1. The molecular formula is C12H12N4. The molecule has 0 spiro atoms. The van der Waals surface area contributed by atoms with E-state index in [2.05, 4.69) is 46.1 Å². The second kappa shape index (κ2) is 3.59. The Morgan fingerprint density at radius 2 is 2.19 bits per heavy atom. The van der Waals surface area contributed by atoms with Crippen molar-refractivity contribution in [2.24, 2.45) is 0 Å². The van der Waals surface area contributed by atoms with Crippen LogP contribution < -0.4 is 16.4 Å². The third kappa shape index (κ3) is 1.44. The van der Waals surface area contributed by atoms with E-state index in [0.29, 0.717) is 0 Å². The predicted octanol–water partition coefficient (Wildman–Crippen LogP) is 1.40. The molecule has 4 heteroatoms. The van der Waals surface area contributed by atoms with Crippen molar-refractivity contribution in [2.75, 3.05) is 0 Å². The summed E-state index contributed by atoms with van der Waals surface area (Å²) in [5.41, 5.74) is 12.0. The molecule has 1 unspecified atom stereocenters. The average Bonchev–Trinajstić information content (AvgIpc) is 2.75. The van der Waals surface area contributed by atoms with Gasteiger partial charge in [0.1, 0.15) is 0 Å². The van der Waals surface area contributed by atoms with E-state index in [-0.39, 0.29) is 6.04 Å². The lowest BCUT2D eigenvalue weighted by molar-refractivity contribution is 0.555. The lowest BCUT2D eigenvalue weighted by Gasteiger charge is -2.10. The van der Waals surface area contributed by atoms with Crippen molar-refractivity contribution in [1.29, 1.82) is 0 Å². The molecule has 3 N–H and O–H groups in total. The van der Waals surface area contributed by atoms with Gasteiger partial charge in [-0.2, -0.15) is 5.53 Å². The Balaban J connectivity index is 2.08. The number of aromatic nitrogens is 1. The molecule has 1 aromatic carbocycles. The maximum Gasteiger partial charge on any atom is 0.0884 e. The molecule has 0 radical (unpaired) electrons. The van der Waals surface area contributed by atoms with Gasteiger partial charge in [-0.15, -0.1) is 0 Å². The summed E-state index contributed by atoms with van der Waals surface area (Å²) in [6.45, 7) is 3.94. The molecule has 1 fully saturated rings. The van der Waals surface area contributed by atoms with E-state index in [0.717, 1.165) is 16.6 Å². The second-order valence-corrected chi connectivity index (χ2v) is 3.81. The van der Waals surface area contributed by atoms with Crippen LogP contribution in [0.5, 0.6) is 0 Å². The van der Waals surface area contributed by atoms with Gasteiger partial charge >= 0.3 is 0 Å². The number of hydrogen-bond donors (Lipinski definition) is 3. The molecule has 2 aromatic rings. The van der Waals surface area contributed by atoms with Gasteiger partial charge in [0.15, 0.2) is 0 Å². The molecule has 1 atom stereocenters. The third-order valence-corrected chi connectivity index (χ3v) is 2.75. The van der Waals surface area contributed by atoms with E-state index < -0.39 is 0 Å². The second-order valence-electron chi connectivity index (χ2n) is 3.81. The third-order valence-electron chi connectivity index (χ3n) is 2.75. The Morgan fingerprint density at radius 3 is 3.00 bits per heavy atom. The van der Waals surface area contributed by atoms with Gasteiger partial charge in [0.25, 0.3) is 0 Å². The number of nitrogens with one attached hydrogen (secondary N) is 3. The Hall–Kier alpha value is -1.91. The number of pyridine rings is 1. The summed E-state index contributed by atoms with van der Waals surface area (Å²) in [5.74, 6) is 0. The maximum absolute atomic E-state index is 4.29. The van der Waals surface area contributed by atoms with Crippen molar-refractivity contribution in [3.05, 3.63) is 54.4 Å². The summed E-state index contributed by atoms with van der Waals surface area (Å²) in [6, 6.07) is 10.3. The van der Waals surface area contributed by atoms with Gasteiger partial charge in [0, 0.05) is 17.3 Å². The van der Waals surface area contributed by atoms with Crippen LogP contribution in [0, 0.1) is 0 Å². The minimum Gasteiger partial charge on any atom is -0.311 e. The Morgan fingerprint density at radius 1 is 1.25 bits per heavy atom. The number of rotatable bonds is 1. The number of hydrazine groups is 2. The summed E-state index contributed by atoms with van der Waals surface area (Å²) >= 11 is 0. The molecule has 3 rings (SSSR count). The summed E-state index contributed by atoms with van der Waals surface area (Å²) in [7, 11) is 0. The van der Waals surface area contributed by atoms with E-state index in [1.165, 1.54) is 5.56 Å². The van der Waals surface area contributed by atoms with Crippen molar-refractivity contribution in [3.8, 4) is 0 Å². The van der Waals surface area contributed by atoms with Crippen LogP contribution in [0.1, 0.15) is 11.6 Å². The first-order valence-electron chi connectivity index (χ1n) is 5.14.